The summed E-state index contributed by atoms with van der Waals surface area (Å²) in [6.07, 6.45) is 1.21. The van der Waals surface area contributed by atoms with Crippen LogP contribution in [-0.2, 0) is 20.1 Å². The van der Waals surface area contributed by atoms with Gasteiger partial charge in [0.2, 0.25) is 5.95 Å². The molecule has 0 saturated carbocycles. The summed E-state index contributed by atoms with van der Waals surface area (Å²) >= 11 is 0. The molecule has 104 valence electrons. The monoisotopic (exact) mass is 273 g/mol. The molecule has 0 unspecified atom stereocenters. The van der Waals surface area contributed by atoms with E-state index in [9.17, 15) is 13.2 Å². The van der Waals surface area contributed by atoms with Gasteiger partial charge in [0.15, 0.2) is 0 Å². The third kappa shape index (κ3) is 2.95. The molecule has 8 heteroatoms. The molecule has 0 radical (unpaired) electrons. The molecule has 0 amide bonds. The first-order valence-corrected chi connectivity index (χ1v) is 5.70. The first kappa shape index (κ1) is 13.6. The van der Waals surface area contributed by atoms with Gasteiger partial charge < -0.3 is 5.32 Å². The molecule has 0 bridgehead atoms. The van der Waals surface area contributed by atoms with Crippen LogP contribution in [0.1, 0.15) is 23.5 Å². The van der Waals surface area contributed by atoms with E-state index in [0.29, 0.717) is 21.6 Å². The van der Waals surface area contributed by atoms with Crippen molar-refractivity contribution in [1.82, 2.24) is 24.9 Å². The first-order valence-electron chi connectivity index (χ1n) is 5.70. The maximum Gasteiger partial charge on any atom is 0.333 e. The van der Waals surface area contributed by atoms with Gasteiger partial charge in [-0.05, 0) is 13.0 Å². The summed E-state index contributed by atoms with van der Waals surface area (Å²) in [5.74, 6) is -0.400. The number of nitrogens with zero attached hydrogens (tertiary/aromatic N) is 4. The van der Waals surface area contributed by atoms with Crippen LogP contribution in [0.2, 0.25) is 0 Å². The number of hydrogen-bond donors (Lipinski definition) is 1. The highest BCUT2D eigenvalue weighted by molar-refractivity contribution is 5.17. The largest absolute Gasteiger partial charge is 0.333 e. The topological polar surface area (TPSA) is 47.7 Å². The quantitative estimate of drug-likeness (QED) is 0.902. The summed E-state index contributed by atoms with van der Waals surface area (Å²) in [6.45, 7) is -0.377. The van der Waals surface area contributed by atoms with Crippen molar-refractivity contribution in [2.45, 2.75) is 26.6 Å². The highest BCUT2D eigenvalue weighted by Gasteiger charge is 2.12. The number of aryl methyl sites for hydroxylation is 2. The number of alkyl halides is 2. The van der Waals surface area contributed by atoms with Crippen molar-refractivity contribution >= 4 is 0 Å². The molecule has 0 fully saturated rings. The minimum Gasteiger partial charge on any atom is -0.307 e. The van der Waals surface area contributed by atoms with Crippen molar-refractivity contribution in [2.75, 3.05) is 0 Å². The summed E-state index contributed by atoms with van der Waals surface area (Å²) in [4.78, 5) is 0. The van der Waals surface area contributed by atoms with E-state index < -0.39 is 12.5 Å². The second-order valence-electron chi connectivity index (χ2n) is 4.15. The lowest BCUT2D eigenvalue weighted by Crippen LogP contribution is -2.15. The van der Waals surface area contributed by atoms with E-state index in [2.05, 4.69) is 15.5 Å². The zero-order valence-corrected chi connectivity index (χ0v) is 10.6. The van der Waals surface area contributed by atoms with E-state index in [0.717, 1.165) is 4.68 Å². The smallest absolute Gasteiger partial charge is 0.307 e. The van der Waals surface area contributed by atoms with Crippen molar-refractivity contribution in [2.24, 2.45) is 7.05 Å². The van der Waals surface area contributed by atoms with E-state index in [1.165, 1.54) is 19.3 Å². The summed E-state index contributed by atoms with van der Waals surface area (Å²) in [5.41, 5.74) is 1.55. The average molecular weight is 273 g/mol. The predicted octanol–water partition coefficient (Wildman–Crippen LogP) is 1.75. The van der Waals surface area contributed by atoms with Gasteiger partial charge in [0, 0.05) is 31.9 Å². The minimum absolute atomic E-state index is 0.271. The van der Waals surface area contributed by atoms with Gasteiger partial charge in [-0.3, -0.25) is 0 Å². The van der Waals surface area contributed by atoms with Gasteiger partial charge in [-0.1, -0.05) is 0 Å². The maximum absolute atomic E-state index is 13.6. The van der Waals surface area contributed by atoms with Gasteiger partial charge in [-0.2, -0.15) is 23.4 Å². The van der Waals surface area contributed by atoms with Crippen LogP contribution in [0.5, 0.6) is 0 Å². The van der Waals surface area contributed by atoms with Gasteiger partial charge in [-0.25, -0.2) is 9.36 Å². The lowest BCUT2D eigenvalue weighted by atomic mass is 10.2. The average Bonchev–Trinajstić information content (AvgIpc) is 2.90. The second kappa shape index (κ2) is 5.43. The van der Waals surface area contributed by atoms with Crippen molar-refractivity contribution in [3.8, 4) is 0 Å². The molecule has 19 heavy (non-hydrogen) atoms. The SMILES string of the molecule is Cc1nn(C)c(F)c1CNCc1ccn(C(F)F)n1. The summed E-state index contributed by atoms with van der Waals surface area (Å²) in [5, 5.41) is 10.6. The summed E-state index contributed by atoms with van der Waals surface area (Å²) < 4.78 is 39.9. The molecule has 0 atom stereocenters. The molecular weight excluding hydrogens is 259 g/mol. The standard InChI is InChI=1S/C11H14F3N5/c1-7-9(10(12)18(2)16-7)6-15-5-8-3-4-19(17-8)11(13)14/h3-4,11,15H,5-6H2,1-2H3. The number of rotatable bonds is 5. The Morgan fingerprint density at radius 3 is 2.58 bits per heavy atom. The number of aromatic nitrogens is 4. The molecule has 2 heterocycles. The number of halogens is 3. The first-order chi connectivity index (χ1) is 8.99. The molecule has 0 spiro atoms. The molecule has 2 aromatic heterocycles. The van der Waals surface area contributed by atoms with Crippen molar-refractivity contribution in [1.29, 1.82) is 0 Å². The third-order valence-corrected chi connectivity index (χ3v) is 2.74. The summed E-state index contributed by atoms with van der Waals surface area (Å²) in [7, 11) is 1.52. The van der Waals surface area contributed by atoms with Crippen LogP contribution < -0.4 is 5.32 Å². The van der Waals surface area contributed by atoms with Gasteiger partial charge in [-0.15, -0.1) is 0 Å². The van der Waals surface area contributed by atoms with Crippen molar-refractivity contribution in [3.05, 3.63) is 35.2 Å². The fourth-order valence-electron chi connectivity index (χ4n) is 1.77. The van der Waals surface area contributed by atoms with Crippen LogP contribution in [0, 0.1) is 12.9 Å². The normalized spacial score (nSPS) is 11.5. The molecule has 0 aromatic carbocycles. The van der Waals surface area contributed by atoms with Crippen molar-refractivity contribution in [3.63, 3.8) is 0 Å². The van der Waals surface area contributed by atoms with Crippen molar-refractivity contribution < 1.29 is 13.2 Å². The number of nitrogens with one attached hydrogen (secondary N) is 1. The van der Waals surface area contributed by atoms with Gasteiger partial charge >= 0.3 is 6.55 Å². The second-order valence-corrected chi connectivity index (χ2v) is 4.15. The highest BCUT2D eigenvalue weighted by atomic mass is 19.3. The Morgan fingerprint density at radius 1 is 1.32 bits per heavy atom. The Kier molecular flexibility index (Phi) is 3.89. The molecular formula is C11H14F3N5. The van der Waals surface area contributed by atoms with Gasteiger partial charge in [0.05, 0.1) is 11.4 Å². The fourth-order valence-corrected chi connectivity index (χ4v) is 1.77. The van der Waals surface area contributed by atoms with Crippen LogP contribution in [0.25, 0.3) is 0 Å². The molecule has 0 aliphatic carbocycles. The van der Waals surface area contributed by atoms with Crippen LogP contribution in [-0.4, -0.2) is 19.6 Å². The molecule has 0 saturated heterocycles. The van der Waals surface area contributed by atoms with E-state index >= 15 is 0 Å². The van der Waals surface area contributed by atoms with Gasteiger partial charge in [0.1, 0.15) is 0 Å². The predicted molar refractivity (Wildman–Crippen MR) is 61.9 cm³/mol. The van der Waals surface area contributed by atoms with E-state index in [-0.39, 0.29) is 13.1 Å². The van der Waals surface area contributed by atoms with Gasteiger partial charge in [0.25, 0.3) is 0 Å². The Morgan fingerprint density at radius 2 is 2.05 bits per heavy atom. The molecule has 5 nitrogen and oxygen atoms in total. The molecule has 2 rings (SSSR count). The minimum atomic E-state index is -2.65. The molecule has 2 aromatic rings. The molecule has 0 aliphatic rings. The maximum atomic E-state index is 13.6. The fraction of sp³-hybridized carbons (Fsp3) is 0.455. The zero-order chi connectivity index (χ0) is 14.0. The van der Waals surface area contributed by atoms with E-state index in [4.69, 9.17) is 0 Å². The zero-order valence-electron chi connectivity index (χ0n) is 10.6. The lowest BCUT2D eigenvalue weighted by Gasteiger charge is -2.02. The van der Waals surface area contributed by atoms with Crippen LogP contribution in [0.3, 0.4) is 0 Å². The Labute approximate surface area is 108 Å². The third-order valence-electron chi connectivity index (χ3n) is 2.74. The molecule has 0 aliphatic heterocycles. The van der Waals surface area contributed by atoms with Crippen LogP contribution >= 0.6 is 0 Å². The van der Waals surface area contributed by atoms with E-state index in [1.54, 1.807) is 6.92 Å². The number of hydrogen-bond acceptors (Lipinski definition) is 3. The summed E-state index contributed by atoms with van der Waals surface area (Å²) in [6, 6.07) is 1.49. The molecule has 1 N–H and O–H groups in total. The highest BCUT2D eigenvalue weighted by Crippen LogP contribution is 2.11. The Hall–Kier alpha value is -1.83. The Bertz CT molecular complexity index is 561. The Balaban J connectivity index is 1.92. The van der Waals surface area contributed by atoms with E-state index in [1.807, 2.05) is 0 Å². The van der Waals surface area contributed by atoms with Crippen LogP contribution in [0.4, 0.5) is 13.2 Å². The van der Waals surface area contributed by atoms with Crippen LogP contribution in [0.15, 0.2) is 12.3 Å². The lowest BCUT2D eigenvalue weighted by molar-refractivity contribution is 0.0561.